The van der Waals surface area contributed by atoms with Crippen molar-refractivity contribution in [2.24, 2.45) is 17.3 Å². The molecule has 2 aromatic rings. The number of aromatic amines is 1. The largest absolute Gasteiger partial charge is 0.454 e. The molecule has 0 aliphatic heterocycles. The van der Waals surface area contributed by atoms with Gasteiger partial charge in [-0.1, -0.05) is 18.2 Å². The number of Topliss-reactive ketones (excluding diaryl/α,β-unsaturated/α-hetero) is 1. The minimum atomic E-state index is -0.801. The number of carbonyl (C=O) groups excluding carboxylic acids is 2. The van der Waals surface area contributed by atoms with Gasteiger partial charge in [-0.25, -0.2) is 0 Å². The van der Waals surface area contributed by atoms with Gasteiger partial charge in [0.2, 0.25) is 5.78 Å². The van der Waals surface area contributed by atoms with Crippen molar-refractivity contribution in [1.29, 1.82) is 0 Å². The van der Waals surface area contributed by atoms with Crippen molar-refractivity contribution < 1.29 is 14.3 Å². The van der Waals surface area contributed by atoms with Gasteiger partial charge in [0.05, 0.1) is 5.41 Å². The molecule has 4 bridgehead atoms. The summed E-state index contributed by atoms with van der Waals surface area (Å²) in [4.78, 5) is 29.4. The van der Waals surface area contributed by atoms with Crippen LogP contribution in [0.3, 0.4) is 0 Å². The molecule has 6 rings (SSSR count). The van der Waals surface area contributed by atoms with Gasteiger partial charge in [0.25, 0.3) is 0 Å². The number of aromatic nitrogens is 1. The first-order valence-electron chi connectivity index (χ1n) is 10.3. The molecule has 1 N–H and O–H groups in total. The number of halogens is 1. The fourth-order valence-corrected chi connectivity index (χ4v) is 7.22. The molecule has 5 heteroatoms. The third-order valence-electron chi connectivity index (χ3n) is 7.22. The third-order valence-corrected chi connectivity index (χ3v) is 7.66. The topological polar surface area (TPSA) is 59.2 Å². The lowest BCUT2D eigenvalue weighted by Crippen LogP contribution is -2.56. The van der Waals surface area contributed by atoms with Crippen molar-refractivity contribution in [3.63, 3.8) is 0 Å². The maximum atomic E-state index is 13.2. The van der Waals surface area contributed by atoms with Crippen molar-refractivity contribution in [2.75, 3.05) is 0 Å². The first-order valence-corrected chi connectivity index (χ1v) is 10.7. The number of rotatable bonds is 4. The van der Waals surface area contributed by atoms with Gasteiger partial charge in [0, 0.05) is 27.0 Å². The molecule has 0 radical (unpaired) electrons. The van der Waals surface area contributed by atoms with E-state index >= 15 is 0 Å². The molecule has 28 heavy (non-hydrogen) atoms. The smallest absolute Gasteiger partial charge is 0.312 e. The Morgan fingerprint density at radius 3 is 2.54 bits per heavy atom. The zero-order valence-electron chi connectivity index (χ0n) is 16.4. The number of alkyl halides is 1. The van der Waals surface area contributed by atoms with Crippen molar-refractivity contribution in [2.45, 2.75) is 63.4 Å². The number of para-hydroxylation sites is 1. The minimum Gasteiger partial charge on any atom is -0.454 e. The molecule has 1 heterocycles. The van der Waals surface area contributed by atoms with Gasteiger partial charge in [-0.2, -0.15) is 0 Å². The number of esters is 1. The van der Waals surface area contributed by atoms with E-state index in [1.54, 1.807) is 6.92 Å². The second kappa shape index (κ2) is 6.09. The Kier molecular flexibility index (Phi) is 3.97. The number of nitrogens with one attached hydrogen (secondary N) is 1. The molecular weight excluding hydrogens is 374 g/mol. The number of hydrogen-bond donors (Lipinski definition) is 1. The van der Waals surface area contributed by atoms with Crippen LogP contribution in [0.4, 0.5) is 0 Å². The normalized spacial score (nSPS) is 34.5. The molecular formula is C23H26ClNO3. The van der Waals surface area contributed by atoms with Gasteiger partial charge in [0.1, 0.15) is 0 Å². The second-order valence-corrected chi connectivity index (χ2v) is 10.3. The van der Waals surface area contributed by atoms with Gasteiger partial charge in [-0.15, -0.1) is 11.6 Å². The monoisotopic (exact) mass is 399 g/mol. The quantitative estimate of drug-likeness (QED) is 0.438. The molecule has 0 amide bonds. The van der Waals surface area contributed by atoms with Crippen LogP contribution in [0.15, 0.2) is 24.3 Å². The van der Waals surface area contributed by atoms with Crippen molar-refractivity contribution >= 4 is 34.3 Å². The van der Waals surface area contributed by atoms with E-state index in [4.69, 9.17) is 16.3 Å². The third kappa shape index (κ3) is 2.72. The molecule has 5 atom stereocenters. The molecule has 4 saturated carbocycles. The van der Waals surface area contributed by atoms with Gasteiger partial charge in [0.15, 0.2) is 6.10 Å². The lowest BCUT2D eigenvalue weighted by atomic mass is 9.49. The highest BCUT2D eigenvalue weighted by Gasteiger charge is 2.61. The second-order valence-electron chi connectivity index (χ2n) is 9.47. The Hall–Kier alpha value is -1.81. The molecule has 4 aliphatic rings. The standard InChI is InChI=1S/C23H26ClNO3/c1-13-19(17-5-3-4-6-18(17)25-13)20(26)14(2)28-21(27)22-8-15-7-16(9-22)11-23(24,10-15)12-22/h3-6,14-16,25H,7-12H2,1-2H3/t14-,15-,16+,22?,23?/m1/s1. The van der Waals surface area contributed by atoms with Crippen LogP contribution < -0.4 is 0 Å². The van der Waals surface area contributed by atoms with Crippen molar-refractivity contribution in [3.8, 4) is 0 Å². The van der Waals surface area contributed by atoms with Crippen molar-refractivity contribution in [3.05, 3.63) is 35.5 Å². The Bertz CT molecular complexity index is 963. The fraction of sp³-hybridized carbons (Fsp3) is 0.565. The lowest BCUT2D eigenvalue weighted by Gasteiger charge is -2.58. The number of fused-ring (bicyclic) bond motifs is 1. The summed E-state index contributed by atoms with van der Waals surface area (Å²) in [5, 5.41) is 0.877. The molecule has 0 spiro atoms. The van der Waals surface area contributed by atoms with Crippen LogP contribution >= 0.6 is 11.6 Å². The van der Waals surface area contributed by atoms with E-state index in [1.165, 1.54) is 6.42 Å². The van der Waals surface area contributed by atoms with Crippen LogP contribution in [0, 0.1) is 24.2 Å². The van der Waals surface area contributed by atoms with Crippen LogP contribution in [-0.2, 0) is 9.53 Å². The van der Waals surface area contributed by atoms with Gasteiger partial charge in [-0.05, 0) is 70.3 Å². The Labute approximate surface area is 170 Å². The highest BCUT2D eigenvalue weighted by atomic mass is 35.5. The van der Waals surface area contributed by atoms with E-state index < -0.39 is 11.5 Å². The number of ketones is 1. The highest BCUT2D eigenvalue weighted by molar-refractivity contribution is 6.24. The summed E-state index contributed by atoms with van der Waals surface area (Å²) in [6.45, 7) is 3.58. The summed E-state index contributed by atoms with van der Waals surface area (Å²) in [6, 6.07) is 7.73. The summed E-state index contributed by atoms with van der Waals surface area (Å²) in [6.07, 6.45) is 4.84. The molecule has 148 valence electrons. The lowest BCUT2D eigenvalue weighted by molar-refractivity contribution is -0.172. The van der Waals surface area contributed by atoms with Gasteiger partial charge < -0.3 is 9.72 Å². The van der Waals surface area contributed by atoms with E-state index in [-0.39, 0.29) is 16.6 Å². The number of benzene rings is 1. The molecule has 4 aliphatic carbocycles. The van der Waals surface area contributed by atoms with E-state index in [1.807, 2.05) is 31.2 Å². The summed E-state index contributed by atoms with van der Waals surface area (Å²) >= 11 is 6.85. The maximum Gasteiger partial charge on any atom is 0.312 e. The van der Waals surface area contributed by atoms with E-state index in [0.29, 0.717) is 23.8 Å². The number of ether oxygens (including phenoxy) is 1. The average Bonchev–Trinajstić information content (AvgIpc) is 2.94. The summed E-state index contributed by atoms with van der Waals surface area (Å²) in [5.74, 6) is 0.680. The average molecular weight is 400 g/mol. The van der Waals surface area contributed by atoms with Gasteiger partial charge >= 0.3 is 5.97 Å². The molecule has 1 aromatic heterocycles. The number of H-pyrrole nitrogens is 1. The SMILES string of the molecule is Cc1[nH]c2ccccc2c1C(=O)[C@@H](C)OC(=O)C12C[C@@H]3C[C@@H](CC(Cl)(C3)C1)C2. The molecule has 4 nitrogen and oxygen atoms in total. The fourth-order valence-electron chi connectivity index (χ4n) is 6.53. The van der Waals surface area contributed by atoms with Gasteiger partial charge in [-0.3, -0.25) is 9.59 Å². The zero-order chi connectivity index (χ0) is 19.7. The van der Waals surface area contributed by atoms with E-state index in [2.05, 4.69) is 4.98 Å². The Morgan fingerprint density at radius 2 is 1.86 bits per heavy atom. The molecule has 4 fully saturated rings. The maximum absolute atomic E-state index is 13.2. The summed E-state index contributed by atoms with van der Waals surface area (Å²) in [5.41, 5.74) is 1.86. The Morgan fingerprint density at radius 1 is 1.18 bits per heavy atom. The first-order chi connectivity index (χ1) is 13.3. The Balaban J connectivity index is 1.38. The summed E-state index contributed by atoms with van der Waals surface area (Å²) in [7, 11) is 0. The molecule has 2 unspecified atom stereocenters. The predicted octanol–water partition coefficient (Wildman–Crippen LogP) is 5.17. The summed E-state index contributed by atoms with van der Waals surface area (Å²) < 4.78 is 5.81. The number of aryl methyl sites for hydroxylation is 1. The van der Waals surface area contributed by atoms with Crippen LogP contribution in [0.5, 0.6) is 0 Å². The van der Waals surface area contributed by atoms with E-state index in [0.717, 1.165) is 42.3 Å². The number of carbonyl (C=O) groups is 2. The molecule has 0 saturated heterocycles. The van der Waals surface area contributed by atoms with E-state index in [9.17, 15) is 9.59 Å². The van der Waals surface area contributed by atoms with Crippen LogP contribution in [0.25, 0.3) is 10.9 Å². The van der Waals surface area contributed by atoms with Crippen LogP contribution in [0.2, 0.25) is 0 Å². The van der Waals surface area contributed by atoms with Crippen LogP contribution in [-0.4, -0.2) is 27.7 Å². The van der Waals surface area contributed by atoms with Crippen LogP contribution in [0.1, 0.15) is 61.5 Å². The zero-order valence-corrected chi connectivity index (χ0v) is 17.1. The minimum absolute atomic E-state index is 0.145. The first kappa shape index (κ1) is 18.2. The van der Waals surface area contributed by atoms with Crippen molar-refractivity contribution in [1.82, 2.24) is 4.98 Å². The highest BCUT2D eigenvalue weighted by Crippen LogP contribution is 2.64. The molecule has 1 aromatic carbocycles. The number of hydrogen-bond acceptors (Lipinski definition) is 3. The predicted molar refractivity (Wildman–Crippen MR) is 109 cm³/mol.